The molecule has 2 heterocycles. The first-order valence-corrected chi connectivity index (χ1v) is 7.17. The van der Waals surface area contributed by atoms with Gasteiger partial charge < -0.3 is 4.42 Å². The van der Waals surface area contributed by atoms with E-state index in [1.165, 1.54) is 4.88 Å². The summed E-state index contributed by atoms with van der Waals surface area (Å²) in [4.78, 5) is 1.29. The lowest BCUT2D eigenvalue weighted by Crippen LogP contribution is -2.29. The Morgan fingerprint density at radius 2 is 2.41 bits per heavy atom. The molecule has 2 aromatic rings. The van der Waals surface area contributed by atoms with Crippen LogP contribution in [0.4, 0.5) is 0 Å². The number of furan rings is 1. The molecule has 0 aliphatic heterocycles. The maximum Gasteiger partial charge on any atom is 0.108 e. The van der Waals surface area contributed by atoms with Crippen LogP contribution in [0.1, 0.15) is 29.2 Å². The molecule has 0 bridgehead atoms. The van der Waals surface area contributed by atoms with E-state index < -0.39 is 0 Å². The SMILES string of the molecule is CCc1occc1C(Cc1cc(Br)cs1)NN. The number of nitrogens with one attached hydrogen (secondary N) is 1. The lowest BCUT2D eigenvalue weighted by Gasteiger charge is -2.14. The molecule has 0 radical (unpaired) electrons. The quantitative estimate of drug-likeness (QED) is 0.657. The Bertz CT molecular complexity index is 480. The summed E-state index contributed by atoms with van der Waals surface area (Å²) in [5.41, 5.74) is 4.02. The second-order valence-corrected chi connectivity index (χ2v) is 5.72. The zero-order valence-corrected chi connectivity index (χ0v) is 12.0. The molecule has 0 aromatic carbocycles. The second-order valence-electron chi connectivity index (χ2n) is 3.81. The van der Waals surface area contributed by atoms with Gasteiger partial charge >= 0.3 is 0 Å². The Morgan fingerprint density at radius 1 is 1.59 bits per heavy atom. The van der Waals surface area contributed by atoms with Crippen molar-refractivity contribution in [1.29, 1.82) is 0 Å². The Hall–Kier alpha value is -0.620. The van der Waals surface area contributed by atoms with Crippen molar-refractivity contribution >= 4 is 27.3 Å². The standard InChI is InChI=1S/C12H15BrN2OS/c1-2-12-10(3-4-16-12)11(15-14)6-9-5-8(13)7-17-9/h3-5,7,11,15H,2,6,14H2,1H3. The van der Waals surface area contributed by atoms with Gasteiger partial charge in [0.2, 0.25) is 0 Å². The Kier molecular flexibility index (Phi) is 4.39. The van der Waals surface area contributed by atoms with E-state index in [9.17, 15) is 0 Å². The van der Waals surface area contributed by atoms with Gasteiger partial charge in [-0.05, 0) is 28.1 Å². The Balaban J connectivity index is 2.16. The molecule has 0 fully saturated rings. The highest BCUT2D eigenvalue weighted by molar-refractivity contribution is 9.10. The molecular weight excluding hydrogens is 300 g/mol. The van der Waals surface area contributed by atoms with E-state index in [0.29, 0.717) is 0 Å². The van der Waals surface area contributed by atoms with Crippen molar-refractivity contribution in [2.24, 2.45) is 5.84 Å². The van der Waals surface area contributed by atoms with Gasteiger partial charge in [0.25, 0.3) is 0 Å². The summed E-state index contributed by atoms with van der Waals surface area (Å²) in [7, 11) is 0. The predicted octanol–water partition coefficient (Wildman–Crippen LogP) is 3.41. The fourth-order valence-electron chi connectivity index (χ4n) is 1.87. The third-order valence-corrected chi connectivity index (χ3v) is 4.42. The second kappa shape index (κ2) is 5.82. The lowest BCUT2D eigenvalue weighted by atomic mass is 10.0. The molecule has 0 aliphatic rings. The van der Waals surface area contributed by atoms with Crippen LogP contribution in [-0.4, -0.2) is 0 Å². The summed E-state index contributed by atoms with van der Waals surface area (Å²) in [6.45, 7) is 2.08. The third kappa shape index (κ3) is 2.98. The van der Waals surface area contributed by atoms with Gasteiger partial charge in [-0.2, -0.15) is 0 Å². The van der Waals surface area contributed by atoms with Crippen LogP contribution in [0.15, 0.2) is 32.7 Å². The summed E-state index contributed by atoms with van der Waals surface area (Å²) in [5.74, 6) is 6.65. The normalized spacial score (nSPS) is 12.9. The number of nitrogens with two attached hydrogens (primary N) is 1. The molecule has 0 saturated heterocycles. The number of hydrogen-bond acceptors (Lipinski definition) is 4. The van der Waals surface area contributed by atoms with Crippen LogP contribution in [0, 0.1) is 0 Å². The number of hydrazine groups is 1. The molecule has 1 atom stereocenters. The molecule has 0 aliphatic carbocycles. The van der Waals surface area contributed by atoms with Gasteiger partial charge in [-0.3, -0.25) is 11.3 Å². The predicted molar refractivity (Wildman–Crippen MR) is 73.9 cm³/mol. The highest BCUT2D eigenvalue weighted by Crippen LogP contribution is 2.27. The summed E-state index contributed by atoms with van der Waals surface area (Å²) < 4.78 is 6.56. The molecule has 2 rings (SSSR count). The molecule has 5 heteroatoms. The van der Waals surface area contributed by atoms with Gasteiger partial charge in [0, 0.05) is 33.1 Å². The summed E-state index contributed by atoms with van der Waals surface area (Å²) in [6.07, 6.45) is 3.48. The van der Waals surface area contributed by atoms with E-state index in [-0.39, 0.29) is 6.04 Å². The lowest BCUT2D eigenvalue weighted by molar-refractivity contribution is 0.488. The van der Waals surface area contributed by atoms with Crippen LogP contribution < -0.4 is 11.3 Å². The largest absolute Gasteiger partial charge is 0.469 e. The highest BCUT2D eigenvalue weighted by atomic mass is 79.9. The van der Waals surface area contributed by atoms with Crippen LogP contribution in [0.5, 0.6) is 0 Å². The molecule has 0 amide bonds. The van der Waals surface area contributed by atoms with E-state index in [1.807, 2.05) is 6.07 Å². The topological polar surface area (TPSA) is 51.2 Å². The molecule has 0 spiro atoms. The minimum absolute atomic E-state index is 0.106. The third-order valence-electron chi connectivity index (χ3n) is 2.70. The van der Waals surface area contributed by atoms with Crippen LogP contribution in [0.3, 0.4) is 0 Å². The maximum absolute atomic E-state index is 5.64. The number of rotatable bonds is 5. The van der Waals surface area contributed by atoms with E-state index in [0.717, 1.165) is 28.6 Å². The molecular formula is C12H15BrN2OS. The van der Waals surface area contributed by atoms with Crippen molar-refractivity contribution in [3.8, 4) is 0 Å². The number of hydrogen-bond donors (Lipinski definition) is 2. The van der Waals surface area contributed by atoms with Gasteiger partial charge in [0.15, 0.2) is 0 Å². The zero-order chi connectivity index (χ0) is 12.3. The van der Waals surface area contributed by atoms with E-state index in [1.54, 1.807) is 17.6 Å². The van der Waals surface area contributed by atoms with Gasteiger partial charge in [-0.15, -0.1) is 11.3 Å². The number of halogens is 1. The highest BCUT2D eigenvalue weighted by Gasteiger charge is 2.17. The maximum atomic E-state index is 5.64. The fraction of sp³-hybridized carbons (Fsp3) is 0.333. The van der Waals surface area contributed by atoms with Crippen molar-refractivity contribution in [1.82, 2.24) is 5.43 Å². The summed E-state index contributed by atoms with van der Waals surface area (Å²) in [5, 5.41) is 2.08. The summed E-state index contributed by atoms with van der Waals surface area (Å²) in [6, 6.07) is 4.22. The van der Waals surface area contributed by atoms with Crippen molar-refractivity contribution in [3.63, 3.8) is 0 Å². The molecule has 17 heavy (non-hydrogen) atoms. The van der Waals surface area contributed by atoms with Crippen LogP contribution >= 0.6 is 27.3 Å². The van der Waals surface area contributed by atoms with Crippen LogP contribution in [0.2, 0.25) is 0 Å². The summed E-state index contributed by atoms with van der Waals surface area (Å²) >= 11 is 5.19. The van der Waals surface area contributed by atoms with Crippen LogP contribution in [0.25, 0.3) is 0 Å². The van der Waals surface area contributed by atoms with E-state index >= 15 is 0 Å². The first kappa shape index (κ1) is 12.8. The van der Waals surface area contributed by atoms with Crippen molar-refractivity contribution in [2.45, 2.75) is 25.8 Å². The molecule has 0 saturated carbocycles. The van der Waals surface area contributed by atoms with Gasteiger partial charge in [0.1, 0.15) is 5.76 Å². The van der Waals surface area contributed by atoms with E-state index in [4.69, 9.17) is 10.3 Å². The van der Waals surface area contributed by atoms with E-state index in [2.05, 4.69) is 39.7 Å². The molecule has 92 valence electrons. The molecule has 3 N–H and O–H groups in total. The minimum Gasteiger partial charge on any atom is -0.469 e. The van der Waals surface area contributed by atoms with Gasteiger partial charge in [-0.1, -0.05) is 6.92 Å². The van der Waals surface area contributed by atoms with Gasteiger partial charge in [-0.25, -0.2) is 0 Å². The Morgan fingerprint density at radius 3 is 3.00 bits per heavy atom. The number of aryl methyl sites for hydroxylation is 1. The molecule has 3 nitrogen and oxygen atoms in total. The van der Waals surface area contributed by atoms with Crippen molar-refractivity contribution in [2.75, 3.05) is 0 Å². The average Bonchev–Trinajstić information content (AvgIpc) is 2.94. The molecule has 2 aromatic heterocycles. The first-order chi connectivity index (χ1) is 8.24. The molecule has 1 unspecified atom stereocenters. The first-order valence-electron chi connectivity index (χ1n) is 5.50. The Labute approximate surface area is 113 Å². The minimum atomic E-state index is 0.106. The monoisotopic (exact) mass is 314 g/mol. The average molecular weight is 315 g/mol. The smallest absolute Gasteiger partial charge is 0.108 e. The van der Waals surface area contributed by atoms with Crippen molar-refractivity contribution < 1.29 is 4.42 Å². The fourth-order valence-corrected chi connectivity index (χ4v) is 3.37. The van der Waals surface area contributed by atoms with Gasteiger partial charge in [0.05, 0.1) is 12.3 Å². The van der Waals surface area contributed by atoms with Crippen LogP contribution in [-0.2, 0) is 12.8 Å². The van der Waals surface area contributed by atoms with Crippen molar-refractivity contribution in [3.05, 3.63) is 44.4 Å². The number of thiophene rings is 1. The zero-order valence-electron chi connectivity index (χ0n) is 9.57.